The molecule has 0 spiro atoms. The van der Waals surface area contributed by atoms with Crippen molar-refractivity contribution < 1.29 is 9.53 Å². The molecule has 3 N–H and O–H groups in total. The Bertz CT molecular complexity index is 1360. The Morgan fingerprint density at radius 2 is 2.00 bits per heavy atom. The second-order valence-corrected chi connectivity index (χ2v) is 8.13. The van der Waals surface area contributed by atoms with Gasteiger partial charge in [0.25, 0.3) is 17.4 Å². The number of rotatable bonds is 7. The van der Waals surface area contributed by atoms with Gasteiger partial charge in [-0.3, -0.25) is 19.5 Å². The number of aromatic amines is 1. The van der Waals surface area contributed by atoms with Gasteiger partial charge in [-0.25, -0.2) is 4.98 Å². The molecule has 12 heteroatoms. The zero-order valence-corrected chi connectivity index (χ0v) is 18.5. The van der Waals surface area contributed by atoms with Crippen LogP contribution in [0.2, 0.25) is 0 Å². The van der Waals surface area contributed by atoms with Crippen LogP contribution in [-0.4, -0.2) is 47.7 Å². The number of ether oxygens (including phenoxy) is 1. The Kier molecular flexibility index (Phi) is 5.85. The number of tetrazole rings is 1. The standard InChI is InChI=1S/C22H23N9O3/c1-13-10-19(33)31(15-4-2-3-5-15)20-17(13)11-23-21(26-20)24-14-6-8-16(9-7-14)34-12-18(32)25-22-27-29-30-28-22/h6-11,15H,2-5,12H2,1H3,(H,23,24,26)(H2,25,27,28,29,30,32). The molecule has 0 aliphatic heterocycles. The van der Waals surface area contributed by atoms with Gasteiger partial charge in [0, 0.05) is 29.4 Å². The van der Waals surface area contributed by atoms with Gasteiger partial charge < -0.3 is 10.1 Å². The zero-order valence-electron chi connectivity index (χ0n) is 18.5. The highest BCUT2D eigenvalue weighted by Gasteiger charge is 2.21. The van der Waals surface area contributed by atoms with E-state index in [9.17, 15) is 9.59 Å². The van der Waals surface area contributed by atoms with Crippen LogP contribution in [0.25, 0.3) is 11.0 Å². The number of fused-ring (bicyclic) bond motifs is 1. The third kappa shape index (κ3) is 4.56. The van der Waals surface area contributed by atoms with Crippen LogP contribution in [0.15, 0.2) is 41.3 Å². The normalized spacial score (nSPS) is 13.8. The minimum atomic E-state index is -0.406. The zero-order chi connectivity index (χ0) is 23.5. The lowest BCUT2D eigenvalue weighted by molar-refractivity contribution is -0.118. The molecule has 12 nitrogen and oxygen atoms in total. The van der Waals surface area contributed by atoms with E-state index in [1.54, 1.807) is 36.5 Å². The highest BCUT2D eigenvalue weighted by atomic mass is 16.5. The van der Waals surface area contributed by atoms with Crippen LogP contribution in [0.1, 0.15) is 37.3 Å². The van der Waals surface area contributed by atoms with Crippen molar-refractivity contribution >= 4 is 34.5 Å². The fraction of sp³-hybridized carbons (Fsp3) is 0.318. The number of carbonyl (C=O) groups is 1. The highest BCUT2D eigenvalue weighted by Crippen LogP contribution is 2.31. The van der Waals surface area contributed by atoms with Gasteiger partial charge in [-0.05, 0) is 54.8 Å². The summed E-state index contributed by atoms with van der Waals surface area (Å²) in [5, 5.41) is 19.4. The molecule has 1 aromatic carbocycles. The predicted molar refractivity (Wildman–Crippen MR) is 124 cm³/mol. The largest absolute Gasteiger partial charge is 0.484 e. The summed E-state index contributed by atoms with van der Waals surface area (Å²) in [4.78, 5) is 33.8. The molecule has 1 aliphatic rings. The molecule has 1 aliphatic carbocycles. The van der Waals surface area contributed by atoms with Crippen molar-refractivity contribution in [1.29, 1.82) is 0 Å². The molecule has 1 saturated carbocycles. The van der Waals surface area contributed by atoms with Crippen molar-refractivity contribution in [1.82, 2.24) is 35.2 Å². The number of amides is 1. The second-order valence-electron chi connectivity index (χ2n) is 8.13. The number of benzene rings is 1. The van der Waals surface area contributed by atoms with Crippen molar-refractivity contribution in [3.63, 3.8) is 0 Å². The number of hydrogen-bond donors (Lipinski definition) is 3. The van der Waals surface area contributed by atoms with E-state index in [0.29, 0.717) is 17.3 Å². The Balaban J connectivity index is 1.29. The number of nitrogens with one attached hydrogen (secondary N) is 3. The summed E-state index contributed by atoms with van der Waals surface area (Å²) in [6, 6.07) is 8.87. The average Bonchev–Trinajstić information content (AvgIpc) is 3.53. The van der Waals surface area contributed by atoms with Gasteiger partial charge in [0.1, 0.15) is 11.4 Å². The maximum absolute atomic E-state index is 12.8. The molecule has 1 amide bonds. The van der Waals surface area contributed by atoms with Crippen LogP contribution in [-0.2, 0) is 4.79 Å². The Morgan fingerprint density at radius 1 is 1.21 bits per heavy atom. The molecule has 174 valence electrons. The van der Waals surface area contributed by atoms with E-state index in [1.165, 1.54) is 0 Å². The van der Waals surface area contributed by atoms with E-state index in [1.807, 2.05) is 11.5 Å². The Labute approximate surface area is 193 Å². The van der Waals surface area contributed by atoms with Crippen LogP contribution in [0.3, 0.4) is 0 Å². The molecule has 0 saturated heterocycles. The number of aromatic nitrogens is 7. The monoisotopic (exact) mass is 461 g/mol. The van der Waals surface area contributed by atoms with Crippen LogP contribution >= 0.6 is 0 Å². The van der Waals surface area contributed by atoms with Crippen molar-refractivity contribution in [2.75, 3.05) is 17.2 Å². The summed E-state index contributed by atoms with van der Waals surface area (Å²) >= 11 is 0. The molecule has 3 aromatic heterocycles. The lowest BCUT2D eigenvalue weighted by Crippen LogP contribution is -2.24. The van der Waals surface area contributed by atoms with Crippen molar-refractivity contribution in [2.24, 2.45) is 0 Å². The van der Waals surface area contributed by atoms with Gasteiger partial charge >= 0.3 is 0 Å². The number of anilines is 3. The van der Waals surface area contributed by atoms with E-state index in [0.717, 1.165) is 42.3 Å². The fourth-order valence-electron chi connectivity index (χ4n) is 4.14. The molecular formula is C22H23N9O3. The van der Waals surface area contributed by atoms with Crippen LogP contribution in [0.4, 0.5) is 17.6 Å². The summed E-state index contributed by atoms with van der Waals surface area (Å²) in [5.41, 5.74) is 2.24. The summed E-state index contributed by atoms with van der Waals surface area (Å²) < 4.78 is 7.30. The van der Waals surface area contributed by atoms with Crippen molar-refractivity contribution in [3.8, 4) is 5.75 Å². The van der Waals surface area contributed by atoms with Crippen molar-refractivity contribution in [2.45, 2.75) is 38.6 Å². The smallest absolute Gasteiger partial charge is 0.269 e. The summed E-state index contributed by atoms with van der Waals surface area (Å²) in [7, 11) is 0. The van der Waals surface area contributed by atoms with Gasteiger partial charge in [0.15, 0.2) is 6.61 Å². The van der Waals surface area contributed by atoms with E-state index < -0.39 is 5.91 Å². The fourth-order valence-corrected chi connectivity index (χ4v) is 4.14. The maximum atomic E-state index is 12.8. The molecule has 0 radical (unpaired) electrons. The number of pyridine rings is 1. The lowest BCUT2D eigenvalue weighted by atomic mass is 10.1. The lowest BCUT2D eigenvalue weighted by Gasteiger charge is -2.17. The van der Waals surface area contributed by atoms with Gasteiger partial charge in [-0.15, -0.1) is 5.10 Å². The first kappa shape index (κ1) is 21.5. The molecule has 3 heterocycles. The molecule has 1 fully saturated rings. The molecule has 0 unspecified atom stereocenters. The highest BCUT2D eigenvalue weighted by molar-refractivity contribution is 5.90. The molecule has 4 aromatic rings. The van der Waals surface area contributed by atoms with Gasteiger partial charge in [0.2, 0.25) is 5.95 Å². The number of aryl methyl sites for hydroxylation is 1. The van der Waals surface area contributed by atoms with Crippen LogP contribution in [0, 0.1) is 6.92 Å². The van der Waals surface area contributed by atoms with Crippen LogP contribution < -0.4 is 20.9 Å². The first-order chi connectivity index (χ1) is 16.6. The van der Waals surface area contributed by atoms with E-state index in [4.69, 9.17) is 9.72 Å². The number of hydrogen-bond acceptors (Lipinski definition) is 9. The number of nitrogens with zero attached hydrogens (tertiary/aromatic N) is 6. The third-order valence-electron chi connectivity index (χ3n) is 5.77. The molecule has 0 bridgehead atoms. The van der Waals surface area contributed by atoms with Crippen molar-refractivity contribution in [3.05, 3.63) is 52.4 Å². The topological polar surface area (TPSA) is 153 Å². The first-order valence-electron chi connectivity index (χ1n) is 11.0. The molecule has 5 rings (SSSR count). The van der Waals surface area contributed by atoms with E-state index in [-0.39, 0.29) is 24.2 Å². The Hall–Kier alpha value is -4.35. The quantitative estimate of drug-likeness (QED) is 0.377. The average molecular weight is 461 g/mol. The summed E-state index contributed by atoms with van der Waals surface area (Å²) in [6.45, 7) is 1.70. The maximum Gasteiger partial charge on any atom is 0.269 e. The van der Waals surface area contributed by atoms with E-state index >= 15 is 0 Å². The summed E-state index contributed by atoms with van der Waals surface area (Å²) in [6.07, 6.45) is 5.97. The minimum Gasteiger partial charge on any atom is -0.484 e. The second kappa shape index (κ2) is 9.25. The first-order valence-corrected chi connectivity index (χ1v) is 11.0. The van der Waals surface area contributed by atoms with Crippen LogP contribution in [0.5, 0.6) is 5.75 Å². The summed E-state index contributed by atoms with van der Waals surface area (Å²) in [5.74, 6) is 0.588. The SMILES string of the molecule is Cc1cc(=O)n(C2CCCC2)c2nc(Nc3ccc(OCC(=O)Nc4nn[nH]n4)cc3)ncc12. The van der Waals surface area contributed by atoms with Gasteiger partial charge in [-0.1, -0.05) is 17.9 Å². The third-order valence-corrected chi connectivity index (χ3v) is 5.77. The van der Waals surface area contributed by atoms with Gasteiger partial charge in [0.05, 0.1) is 0 Å². The molecular weight excluding hydrogens is 438 g/mol. The molecule has 0 atom stereocenters. The predicted octanol–water partition coefficient (Wildman–Crippen LogP) is 2.49. The number of H-pyrrole nitrogens is 1. The minimum absolute atomic E-state index is 0.0218. The van der Waals surface area contributed by atoms with E-state index in [2.05, 4.69) is 36.2 Å². The Morgan fingerprint density at radius 3 is 2.74 bits per heavy atom. The molecule has 34 heavy (non-hydrogen) atoms. The number of carbonyl (C=O) groups excluding carboxylic acids is 1. The van der Waals surface area contributed by atoms with Gasteiger partial charge in [-0.2, -0.15) is 10.2 Å².